The summed E-state index contributed by atoms with van der Waals surface area (Å²) in [5, 5.41) is 12.4. The number of nitriles is 1. The molecule has 0 aliphatic carbocycles. The Bertz CT molecular complexity index is 706. The maximum Gasteiger partial charge on any atom is 0.142 e. The van der Waals surface area contributed by atoms with Crippen molar-refractivity contribution >= 4 is 5.69 Å². The Morgan fingerprint density at radius 1 is 1.21 bits per heavy atom. The number of nitrogens with one attached hydrogen (secondary N) is 1. The molecule has 1 saturated heterocycles. The molecule has 0 bridgehead atoms. The second-order valence-electron chi connectivity index (χ2n) is 6.21. The molecule has 0 spiro atoms. The monoisotopic (exact) mass is 321 g/mol. The van der Waals surface area contributed by atoms with Crippen LogP contribution in [-0.4, -0.2) is 26.7 Å². The molecular weight excluding hydrogens is 298 g/mol. The van der Waals surface area contributed by atoms with Gasteiger partial charge in [-0.3, -0.25) is 0 Å². The lowest BCUT2D eigenvalue weighted by molar-refractivity contribution is 0.414. The first kappa shape index (κ1) is 16.4. The third-order valence-electron chi connectivity index (χ3n) is 4.56. The van der Waals surface area contributed by atoms with Gasteiger partial charge >= 0.3 is 0 Å². The van der Waals surface area contributed by atoms with Gasteiger partial charge in [0, 0.05) is 26.2 Å². The first-order valence-electron chi connectivity index (χ1n) is 8.38. The van der Waals surface area contributed by atoms with Gasteiger partial charge in [-0.1, -0.05) is 24.3 Å². The molecule has 2 aromatic carbocycles. The van der Waals surface area contributed by atoms with E-state index >= 15 is 0 Å². The Hall–Kier alpha value is -2.51. The molecule has 124 valence electrons. The standard InChI is InChI=1S/C20H23N3O/c1-24-20-5-3-2-4-19(20)23-11-10-18(15-23)14-22-13-17-8-6-16(12-21)7-9-17/h2-9,18,22H,10-11,13-15H2,1H3. The van der Waals surface area contributed by atoms with E-state index in [4.69, 9.17) is 10.00 Å². The van der Waals surface area contributed by atoms with Gasteiger partial charge in [0.1, 0.15) is 5.75 Å². The normalized spacial score (nSPS) is 16.8. The van der Waals surface area contributed by atoms with Gasteiger partial charge in [-0.2, -0.15) is 5.26 Å². The van der Waals surface area contributed by atoms with Crippen LogP contribution in [0, 0.1) is 17.2 Å². The Morgan fingerprint density at radius 3 is 2.75 bits per heavy atom. The SMILES string of the molecule is COc1ccccc1N1CCC(CNCc2ccc(C#N)cc2)C1. The maximum absolute atomic E-state index is 8.83. The maximum atomic E-state index is 8.83. The smallest absolute Gasteiger partial charge is 0.142 e. The first-order valence-corrected chi connectivity index (χ1v) is 8.38. The molecule has 2 aromatic rings. The Balaban J connectivity index is 1.48. The van der Waals surface area contributed by atoms with E-state index < -0.39 is 0 Å². The third kappa shape index (κ3) is 3.87. The number of anilines is 1. The molecular formula is C20H23N3O. The van der Waals surface area contributed by atoms with Gasteiger partial charge in [0.2, 0.25) is 0 Å². The van der Waals surface area contributed by atoms with Crippen LogP contribution >= 0.6 is 0 Å². The number of para-hydroxylation sites is 2. The van der Waals surface area contributed by atoms with Crippen molar-refractivity contribution in [2.24, 2.45) is 5.92 Å². The summed E-state index contributed by atoms with van der Waals surface area (Å²) in [4.78, 5) is 2.41. The lowest BCUT2D eigenvalue weighted by Gasteiger charge is -2.21. The van der Waals surface area contributed by atoms with Crippen molar-refractivity contribution in [3.63, 3.8) is 0 Å². The van der Waals surface area contributed by atoms with Crippen LogP contribution in [0.25, 0.3) is 0 Å². The highest BCUT2D eigenvalue weighted by Crippen LogP contribution is 2.31. The van der Waals surface area contributed by atoms with E-state index in [1.54, 1.807) is 7.11 Å². The van der Waals surface area contributed by atoms with E-state index in [-0.39, 0.29) is 0 Å². The highest BCUT2D eigenvalue weighted by Gasteiger charge is 2.24. The number of hydrogen-bond acceptors (Lipinski definition) is 4. The fourth-order valence-electron chi connectivity index (χ4n) is 3.23. The number of nitrogens with zero attached hydrogens (tertiary/aromatic N) is 2. The number of methoxy groups -OCH3 is 1. The molecule has 0 radical (unpaired) electrons. The predicted molar refractivity (Wildman–Crippen MR) is 96.2 cm³/mol. The summed E-state index contributed by atoms with van der Waals surface area (Å²) >= 11 is 0. The summed E-state index contributed by atoms with van der Waals surface area (Å²) in [6.45, 7) is 3.98. The van der Waals surface area contributed by atoms with Gasteiger partial charge in [0.05, 0.1) is 24.4 Å². The molecule has 1 fully saturated rings. The summed E-state index contributed by atoms with van der Waals surface area (Å²) in [5.74, 6) is 1.59. The summed E-state index contributed by atoms with van der Waals surface area (Å²) < 4.78 is 5.47. The molecule has 3 rings (SSSR count). The third-order valence-corrected chi connectivity index (χ3v) is 4.56. The summed E-state index contributed by atoms with van der Waals surface area (Å²) in [7, 11) is 1.73. The number of rotatable bonds is 6. The molecule has 1 aliphatic rings. The van der Waals surface area contributed by atoms with Gasteiger partial charge < -0.3 is 15.0 Å². The molecule has 1 atom stereocenters. The molecule has 0 saturated carbocycles. The minimum atomic E-state index is 0.647. The van der Waals surface area contributed by atoms with Crippen LogP contribution in [0.3, 0.4) is 0 Å². The van der Waals surface area contributed by atoms with Crippen molar-refractivity contribution in [1.29, 1.82) is 5.26 Å². The van der Waals surface area contributed by atoms with Crippen molar-refractivity contribution in [2.45, 2.75) is 13.0 Å². The van der Waals surface area contributed by atoms with Crippen LogP contribution in [0.4, 0.5) is 5.69 Å². The quantitative estimate of drug-likeness (QED) is 0.888. The van der Waals surface area contributed by atoms with Crippen molar-refractivity contribution < 1.29 is 4.74 Å². The fraction of sp³-hybridized carbons (Fsp3) is 0.350. The largest absolute Gasteiger partial charge is 0.495 e. The number of ether oxygens (including phenoxy) is 1. The van der Waals surface area contributed by atoms with E-state index in [1.807, 2.05) is 36.4 Å². The van der Waals surface area contributed by atoms with Gasteiger partial charge in [-0.15, -0.1) is 0 Å². The van der Waals surface area contributed by atoms with Crippen LogP contribution < -0.4 is 15.0 Å². The first-order chi connectivity index (χ1) is 11.8. The molecule has 1 N–H and O–H groups in total. The molecule has 1 aliphatic heterocycles. The molecule has 24 heavy (non-hydrogen) atoms. The molecule has 1 heterocycles. The second kappa shape index (κ2) is 7.85. The van der Waals surface area contributed by atoms with Crippen molar-refractivity contribution in [1.82, 2.24) is 5.32 Å². The zero-order chi connectivity index (χ0) is 16.8. The lowest BCUT2D eigenvalue weighted by Crippen LogP contribution is -2.26. The van der Waals surface area contributed by atoms with E-state index in [0.29, 0.717) is 11.5 Å². The number of hydrogen-bond donors (Lipinski definition) is 1. The number of benzene rings is 2. The van der Waals surface area contributed by atoms with Crippen LogP contribution in [0.15, 0.2) is 48.5 Å². The van der Waals surface area contributed by atoms with Crippen molar-refractivity contribution in [3.05, 3.63) is 59.7 Å². The van der Waals surface area contributed by atoms with Crippen molar-refractivity contribution in [2.75, 3.05) is 31.6 Å². The van der Waals surface area contributed by atoms with Crippen LogP contribution in [-0.2, 0) is 6.54 Å². The van der Waals surface area contributed by atoms with E-state index in [1.165, 1.54) is 17.7 Å². The molecule has 0 amide bonds. The zero-order valence-corrected chi connectivity index (χ0v) is 14.0. The Kier molecular flexibility index (Phi) is 5.35. The van der Waals surface area contributed by atoms with Gasteiger partial charge in [0.25, 0.3) is 0 Å². The average molecular weight is 321 g/mol. The second-order valence-corrected chi connectivity index (χ2v) is 6.21. The van der Waals surface area contributed by atoms with E-state index in [2.05, 4.69) is 28.4 Å². The molecule has 4 heteroatoms. The van der Waals surface area contributed by atoms with E-state index in [9.17, 15) is 0 Å². The summed E-state index contributed by atoms with van der Waals surface area (Å²) in [6.07, 6.45) is 1.19. The molecule has 4 nitrogen and oxygen atoms in total. The highest BCUT2D eigenvalue weighted by molar-refractivity contribution is 5.59. The molecule has 0 aromatic heterocycles. The lowest BCUT2D eigenvalue weighted by atomic mass is 10.1. The molecule has 1 unspecified atom stereocenters. The van der Waals surface area contributed by atoms with E-state index in [0.717, 1.165) is 31.9 Å². The highest BCUT2D eigenvalue weighted by atomic mass is 16.5. The summed E-state index contributed by atoms with van der Waals surface area (Å²) in [6, 6.07) is 18.1. The Morgan fingerprint density at radius 2 is 2.00 bits per heavy atom. The van der Waals surface area contributed by atoms with Gasteiger partial charge in [0.15, 0.2) is 0 Å². The van der Waals surface area contributed by atoms with Crippen LogP contribution in [0.5, 0.6) is 5.75 Å². The minimum absolute atomic E-state index is 0.647. The summed E-state index contributed by atoms with van der Waals surface area (Å²) in [5.41, 5.74) is 3.12. The average Bonchev–Trinajstić information content (AvgIpc) is 3.11. The fourth-order valence-corrected chi connectivity index (χ4v) is 3.23. The minimum Gasteiger partial charge on any atom is -0.495 e. The van der Waals surface area contributed by atoms with Crippen LogP contribution in [0.1, 0.15) is 17.5 Å². The van der Waals surface area contributed by atoms with Gasteiger partial charge in [-0.25, -0.2) is 0 Å². The van der Waals surface area contributed by atoms with Gasteiger partial charge in [-0.05, 0) is 42.2 Å². The topological polar surface area (TPSA) is 48.3 Å². The Labute approximate surface area is 143 Å². The predicted octanol–water partition coefficient (Wildman–Crippen LogP) is 3.18. The van der Waals surface area contributed by atoms with Crippen LogP contribution in [0.2, 0.25) is 0 Å². The van der Waals surface area contributed by atoms with Crippen molar-refractivity contribution in [3.8, 4) is 11.8 Å². The zero-order valence-electron chi connectivity index (χ0n) is 14.0.